The van der Waals surface area contributed by atoms with Gasteiger partial charge in [-0.2, -0.15) is 0 Å². The minimum Gasteiger partial charge on any atom is -0.449 e. The number of carbonyl (C=O) groups excluding carboxylic acids is 2. The van der Waals surface area contributed by atoms with E-state index in [2.05, 4.69) is 10.0 Å². The van der Waals surface area contributed by atoms with Crippen molar-refractivity contribution in [3.63, 3.8) is 0 Å². The van der Waals surface area contributed by atoms with E-state index in [1.54, 1.807) is 0 Å². The molecule has 29 heavy (non-hydrogen) atoms. The molecule has 0 aliphatic carbocycles. The molecular weight excluding hydrogens is 422 g/mol. The molecule has 4 N–H and O–H groups in total. The second kappa shape index (κ2) is 8.59. The molecule has 0 saturated carbocycles. The molecule has 1 atom stereocenters. The molecule has 0 fully saturated rings. The Bertz CT molecular complexity index is 1130. The van der Waals surface area contributed by atoms with E-state index in [1.807, 2.05) is 0 Å². The van der Waals surface area contributed by atoms with E-state index in [0.29, 0.717) is 0 Å². The fraction of sp³-hybridized carbons (Fsp3) is 0.176. The van der Waals surface area contributed by atoms with Gasteiger partial charge in [0.2, 0.25) is 20.0 Å². The molecule has 1 unspecified atom stereocenters. The van der Waals surface area contributed by atoms with Gasteiger partial charge in [0, 0.05) is 11.4 Å². The summed E-state index contributed by atoms with van der Waals surface area (Å²) in [6.45, 7) is 1.35. The van der Waals surface area contributed by atoms with Crippen molar-refractivity contribution in [1.29, 1.82) is 0 Å². The zero-order valence-electron chi connectivity index (χ0n) is 15.4. The number of rotatable bonds is 7. The summed E-state index contributed by atoms with van der Waals surface area (Å²) in [5.41, 5.74) is 0.509. The van der Waals surface area contributed by atoms with Crippen LogP contribution < -0.4 is 15.2 Å². The average Bonchev–Trinajstić information content (AvgIpc) is 2.60. The Kier molecular flexibility index (Phi) is 6.62. The number of benzene rings is 2. The third-order valence-corrected chi connectivity index (χ3v) is 5.04. The second-order valence-electron chi connectivity index (χ2n) is 6.06. The monoisotopic (exact) mass is 441 g/mol. The van der Waals surface area contributed by atoms with E-state index in [1.165, 1.54) is 55.5 Å². The van der Waals surface area contributed by atoms with Crippen molar-refractivity contribution in [3.8, 4) is 0 Å². The molecule has 0 spiro atoms. The molecule has 0 aliphatic rings. The number of ether oxygens (including phenoxy) is 1. The van der Waals surface area contributed by atoms with Crippen LogP contribution in [0.1, 0.15) is 17.3 Å². The number of primary sulfonamides is 1. The first-order chi connectivity index (χ1) is 13.3. The molecule has 0 saturated heterocycles. The summed E-state index contributed by atoms with van der Waals surface area (Å²) in [6, 6.07) is 10.7. The van der Waals surface area contributed by atoms with E-state index in [4.69, 9.17) is 9.88 Å². The van der Waals surface area contributed by atoms with Crippen LogP contribution in [0.25, 0.3) is 0 Å². The van der Waals surface area contributed by atoms with Gasteiger partial charge in [-0.05, 0) is 49.4 Å². The van der Waals surface area contributed by atoms with Gasteiger partial charge in [0.1, 0.15) is 0 Å². The third kappa shape index (κ3) is 6.85. The average molecular weight is 441 g/mol. The highest BCUT2D eigenvalue weighted by Crippen LogP contribution is 2.15. The zero-order chi connectivity index (χ0) is 21.8. The van der Waals surface area contributed by atoms with Crippen molar-refractivity contribution in [1.82, 2.24) is 0 Å². The van der Waals surface area contributed by atoms with Crippen LogP contribution in [-0.2, 0) is 29.6 Å². The molecule has 12 heteroatoms. The standard InChI is InChI=1S/C17H19N3O7S2/c1-11(16(21)19-13-6-8-15(9-7-13)29(18,25)26)27-17(22)12-4-3-5-14(10-12)20-28(2,23)24/h3-11,20H,1-2H3,(H,19,21)(H2,18,25,26). The third-order valence-electron chi connectivity index (χ3n) is 3.50. The number of nitrogens with two attached hydrogens (primary N) is 1. The fourth-order valence-corrected chi connectivity index (χ4v) is 3.25. The number of hydrogen-bond acceptors (Lipinski definition) is 7. The predicted octanol–water partition coefficient (Wildman–Crippen LogP) is 0.890. The summed E-state index contributed by atoms with van der Waals surface area (Å²) >= 11 is 0. The maximum absolute atomic E-state index is 12.2. The van der Waals surface area contributed by atoms with Crippen LogP contribution in [0.5, 0.6) is 0 Å². The number of esters is 1. The molecule has 0 bridgehead atoms. The lowest BCUT2D eigenvalue weighted by molar-refractivity contribution is -0.123. The van der Waals surface area contributed by atoms with Crippen LogP contribution in [0.4, 0.5) is 11.4 Å². The Morgan fingerprint density at radius 3 is 2.17 bits per heavy atom. The smallest absolute Gasteiger partial charge is 0.338 e. The first-order valence-electron chi connectivity index (χ1n) is 8.08. The zero-order valence-corrected chi connectivity index (χ0v) is 17.1. The van der Waals surface area contributed by atoms with Crippen molar-refractivity contribution in [2.45, 2.75) is 17.9 Å². The lowest BCUT2D eigenvalue weighted by Crippen LogP contribution is -2.30. The molecule has 2 rings (SSSR count). The molecule has 2 aromatic carbocycles. The molecular formula is C17H19N3O7S2. The van der Waals surface area contributed by atoms with Crippen LogP contribution in [0.15, 0.2) is 53.4 Å². The highest BCUT2D eigenvalue weighted by atomic mass is 32.2. The lowest BCUT2D eigenvalue weighted by Gasteiger charge is -2.14. The molecule has 0 aliphatic heterocycles. The maximum Gasteiger partial charge on any atom is 0.338 e. The number of hydrogen-bond donors (Lipinski definition) is 3. The number of nitrogens with one attached hydrogen (secondary N) is 2. The van der Waals surface area contributed by atoms with E-state index >= 15 is 0 Å². The summed E-state index contributed by atoms with van der Waals surface area (Å²) in [5.74, 6) is -1.47. The normalized spacial score (nSPS) is 12.7. The Labute approximate surface area is 168 Å². The van der Waals surface area contributed by atoms with Gasteiger partial charge in [-0.25, -0.2) is 26.8 Å². The fourth-order valence-electron chi connectivity index (χ4n) is 2.18. The van der Waals surface area contributed by atoms with Crippen LogP contribution in [0.2, 0.25) is 0 Å². The van der Waals surface area contributed by atoms with Gasteiger partial charge in [0.25, 0.3) is 5.91 Å². The minimum atomic E-state index is -3.85. The largest absolute Gasteiger partial charge is 0.449 e. The van der Waals surface area contributed by atoms with Crippen molar-refractivity contribution in [2.75, 3.05) is 16.3 Å². The van der Waals surface area contributed by atoms with Gasteiger partial charge < -0.3 is 10.1 Å². The number of amides is 1. The van der Waals surface area contributed by atoms with Crippen molar-refractivity contribution >= 4 is 43.3 Å². The van der Waals surface area contributed by atoms with Crippen LogP contribution in [0, 0.1) is 0 Å². The van der Waals surface area contributed by atoms with E-state index in [0.717, 1.165) is 6.26 Å². The molecule has 0 heterocycles. The number of sulfonamides is 2. The number of carbonyl (C=O) groups is 2. The Balaban J connectivity index is 2.02. The summed E-state index contributed by atoms with van der Waals surface area (Å²) < 4.78 is 52.3. The van der Waals surface area contributed by atoms with Gasteiger partial charge in [0.15, 0.2) is 6.10 Å². The van der Waals surface area contributed by atoms with E-state index < -0.39 is 38.0 Å². The minimum absolute atomic E-state index is 0.0517. The van der Waals surface area contributed by atoms with Gasteiger partial charge in [-0.3, -0.25) is 9.52 Å². The Hall–Kier alpha value is -2.96. The highest BCUT2D eigenvalue weighted by Gasteiger charge is 2.20. The van der Waals surface area contributed by atoms with Gasteiger partial charge in [-0.1, -0.05) is 6.07 Å². The van der Waals surface area contributed by atoms with Crippen molar-refractivity contribution < 1.29 is 31.2 Å². The molecule has 10 nitrogen and oxygen atoms in total. The maximum atomic E-state index is 12.2. The Morgan fingerprint density at radius 2 is 1.62 bits per heavy atom. The van der Waals surface area contributed by atoms with Crippen molar-refractivity contribution in [3.05, 3.63) is 54.1 Å². The van der Waals surface area contributed by atoms with Crippen molar-refractivity contribution in [2.24, 2.45) is 5.14 Å². The summed E-state index contributed by atoms with van der Waals surface area (Å²) in [7, 11) is -7.37. The summed E-state index contributed by atoms with van der Waals surface area (Å²) in [4.78, 5) is 24.3. The Morgan fingerprint density at radius 1 is 1.00 bits per heavy atom. The lowest BCUT2D eigenvalue weighted by atomic mass is 10.2. The van der Waals surface area contributed by atoms with Crippen LogP contribution in [-0.4, -0.2) is 41.1 Å². The molecule has 156 valence electrons. The molecule has 1 amide bonds. The molecule has 0 radical (unpaired) electrons. The number of anilines is 2. The highest BCUT2D eigenvalue weighted by molar-refractivity contribution is 7.92. The first-order valence-corrected chi connectivity index (χ1v) is 11.5. The van der Waals surface area contributed by atoms with Crippen LogP contribution in [0.3, 0.4) is 0 Å². The van der Waals surface area contributed by atoms with Crippen LogP contribution >= 0.6 is 0 Å². The van der Waals surface area contributed by atoms with Gasteiger partial charge in [0.05, 0.1) is 16.7 Å². The van der Waals surface area contributed by atoms with Gasteiger partial charge >= 0.3 is 5.97 Å². The molecule has 0 aromatic heterocycles. The SMILES string of the molecule is CC(OC(=O)c1cccc(NS(C)(=O)=O)c1)C(=O)Nc1ccc(S(N)(=O)=O)cc1. The summed E-state index contributed by atoms with van der Waals surface area (Å²) in [5, 5.41) is 7.48. The predicted molar refractivity (Wildman–Crippen MR) is 106 cm³/mol. The summed E-state index contributed by atoms with van der Waals surface area (Å²) in [6.07, 6.45) is -0.202. The van der Waals surface area contributed by atoms with E-state index in [-0.39, 0.29) is 21.8 Å². The quantitative estimate of drug-likeness (QED) is 0.537. The first kappa shape index (κ1) is 22.3. The molecule has 2 aromatic rings. The second-order valence-corrected chi connectivity index (χ2v) is 9.37. The van der Waals surface area contributed by atoms with Gasteiger partial charge in [-0.15, -0.1) is 0 Å². The topological polar surface area (TPSA) is 162 Å². The van der Waals surface area contributed by atoms with E-state index in [9.17, 15) is 26.4 Å².